The summed E-state index contributed by atoms with van der Waals surface area (Å²) in [5.74, 6) is -1.03. The Morgan fingerprint density at radius 1 is 1.11 bits per heavy atom. The second kappa shape index (κ2) is 9.35. The zero-order chi connectivity index (χ0) is 19.9. The van der Waals surface area contributed by atoms with E-state index in [1.54, 1.807) is 6.20 Å². The van der Waals surface area contributed by atoms with Crippen molar-refractivity contribution >= 4 is 12.0 Å². The summed E-state index contributed by atoms with van der Waals surface area (Å²) < 4.78 is 0. The highest BCUT2D eigenvalue weighted by Gasteiger charge is 2.27. The molecule has 1 aliphatic carbocycles. The summed E-state index contributed by atoms with van der Waals surface area (Å²) in [5, 5.41) is 15.2. The Morgan fingerprint density at radius 2 is 1.82 bits per heavy atom. The van der Waals surface area contributed by atoms with Crippen LogP contribution in [-0.2, 0) is 11.2 Å². The van der Waals surface area contributed by atoms with E-state index in [9.17, 15) is 9.59 Å². The van der Waals surface area contributed by atoms with Crippen molar-refractivity contribution < 1.29 is 14.7 Å². The number of amides is 2. The molecule has 1 aliphatic rings. The molecule has 2 aromatic rings. The molecule has 148 valence electrons. The van der Waals surface area contributed by atoms with Gasteiger partial charge in [0, 0.05) is 12.2 Å². The summed E-state index contributed by atoms with van der Waals surface area (Å²) in [6.45, 7) is 2.05. The molecule has 3 rings (SSSR count). The molecule has 28 heavy (non-hydrogen) atoms. The van der Waals surface area contributed by atoms with Gasteiger partial charge in [-0.15, -0.1) is 0 Å². The number of carbonyl (C=O) groups excluding carboxylic acids is 1. The van der Waals surface area contributed by atoms with E-state index >= 15 is 0 Å². The summed E-state index contributed by atoms with van der Waals surface area (Å²) >= 11 is 0. The number of benzene rings is 1. The summed E-state index contributed by atoms with van der Waals surface area (Å²) in [7, 11) is 0. The summed E-state index contributed by atoms with van der Waals surface area (Å²) in [6, 6.07) is 13.5. The Hall–Kier alpha value is -2.89. The molecule has 0 radical (unpaired) electrons. The molecule has 0 saturated heterocycles. The molecular formula is C22H27N3O3. The number of nitrogens with zero attached hydrogens (tertiary/aromatic N) is 1. The number of hydrogen-bond acceptors (Lipinski definition) is 3. The predicted octanol–water partition coefficient (Wildman–Crippen LogP) is 3.62. The van der Waals surface area contributed by atoms with E-state index < -0.39 is 5.97 Å². The molecule has 1 unspecified atom stereocenters. The molecule has 1 aromatic carbocycles. The van der Waals surface area contributed by atoms with Gasteiger partial charge in [0.2, 0.25) is 0 Å². The number of aromatic nitrogens is 1. The molecule has 1 atom stereocenters. The van der Waals surface area contributed by atoms with Crippen LogP contribution in [0.4, 0.5) is 4.79 Å². The molecule has 3 N–H and O–H groups in total. The zero-order valence-electron chi connectivity index (χ0n) is 16.1. The number of hydrogen-bond donors (Lipinski definition) is 3. The molecule has 6 nitrogen and oxygen atoms in total. The normalized spacial score (nSPS) is 20.2. The fraction of sp³-hybridized carbons (Fsp3) is 0.409. The van der Waals surface area contributed by atoms with Crippen LogP contribution in [0, 0.1) is 12.8 Å². The summed E-state index contributed by atoms with van der Waals surface area (Å²) in [5.41, 5.74) is 3.14. The number of carboxylic acids is 1. The van der Waals surface area contributed by atoms with Crippen LogP contribution >= 0.6 is 0 Å². The Kier molecular flexibility index (Phi) is 6.63. The van der Waals surface area contributed by atoms with E-state index in [4.69, 9.17) is 5.11 Å². The average Bonchev–Trinajstić information content (AvgIpc) is 2.70. The Morgan fingerprint density at radius 3 is 2.43 bits per heavy atom. The largest absolute Gasteiger partial charge is 0.481 e. The lowest BCUT2D eigenvalue weighted by molar-refractivity contribution is -0.142. The van der Waals surface area contributed by atoms with Crippen molar-refractivity contribution in [3.8, 4) is 0 Å². The first-order chi connectivity index (χ1) is 13.5. The topological polar surface area (TPSA) is 91.3 Å². The van der Waals surface area contributed by atoms with Crippen molar-refractivity contribution in [1.29, 1.82) is 0 Å². The van der Waals surface area contributed by atoms with Crippen LogP contribution in [0.3, 0.4) is 0 Å². The third-order valence-electron chi connectivity index (χ3n) is 5.32. The number of nitrogens with one attached hydrogen (secondary N) is 2. The SMILES string of the molecule is Cc1ccc(CC(NC(=O)NC2CCC(C(=O)O)CC2)c2ccccn2)cc1. The molecule has 1 heterocycles. The third-order valence-corrected chi connectivity index (χ3v) is 5.32. The van der Waals surface area contributed by atoms with E-state index in [0.717, 1.165) is 11.3 Å². The molecular weight excluding hydrogens is 354 g/mol. The van der Waals surface area contributed by atoms with E-state index in [1.165, 1.54) is 5.56 Å². The van der Waals surface area contributed by atoms with Crippen molar-refractivity contribution in [2.24, 2.45) is 5.92 Å². The highest BCUT2D eigenvalue weighted by atomic mass is 16.4. The zero-order valence-corrected chi connectivity index (χ0v) is 16.1. The van der Waals surface area contributed by atoms with Gasteiger partial charge in [0.1, 0.15) is 0 Å². The smallest absolute Gasteiger partial charge is 0.315 e. The Labute approximate surface area is 165 Å². The van der Waals surface area contributed by atoms with Gasteiger partial charge in [0.25, 0.3) is 0 Å². The Bertz CT molecular complexity index is 784. The monoisotopic (exact) mass is 381 g/mol. The van der Waals surface area contributed by atoms with Crippen LogP contribution in [0.5, 0.6) is 0 Å². The lowest BCUT2D eigenvalue weighted by Gasteiger charge is -2.28. The number of urea groups is 1. The third kappa shape index (κ3) is 5.55. The van der Waals surface area contributed by atoms with Gasteiger partial charge in [-0.2, -0.15) is 0 Å². The van der Waals surface area contributed by atoms with Gasteiger partial charge in [-0.3, -0.25) is 9.78 Å². The van der Waals surface area contributed by atoms with E-state index in [-0.39, 0.29) is 24.0 Å². The van der Waals surface area contributed by atoms with E-state index in [2.05, 4.69) is 39.9 Å². The minimum Gasteiger partial charge on any atom is -0.481 e. The number of carbonyl (C=O) groups is 2. The molecule has 6 heteroatoms. The quantitative estimate of drug-likeness (QED) is 0.713. The second-order valence-corrected chi connectivity index (χ2v) is 7.50. The van der Waals surface area contributed by atoms with Crippen LogP contribution in [0.2, 0.25) is 0 Å². The lowest BCUT2D eigenvalue weighted by atomic mass is 9.86. The van der Waals surface area contributed by atoms with Crippen molar-refractivity contribution in [3.05, 3.63) is 65.5 Å². The second-order valence-electron chi connectivity index (χ2n) is 7.50. The molecule has 0 spiro atoms. The van der Waals surface area contributed by atoms with Gasteiger partial charge in [0.05, 0.1) is 17.7 Å². The van der Waals surface area contributed by atoms with E-state index in [0.29, 0.717) is 32.1 Å². The van der Waals surface area contributed by atoms with Crippen molar-refractivity contribution in [2.75, 3.05) is 0 Å². The molecule has 1 fully saturated rings. The number of rotatable bonds is 6. The van der Waals surface area contributed by atoms with Gasteiger partial charge in [-0.05, 0) is 56.7 Å². The highest BCUT2D eigenvalue weighted by molar-refractivity contribution is 5.75. The average molecular weight is 381 g/mol. The maximum absolute atomic E-state index is 12.6. The number of aryl methyl sites for hydroxylation is 1. The first kappa shape index (κ1) is 19.9. The molecule has 0 aliphatic heterocycles. The van der Waals surface area contributed by atoms with Gasteiger partial charge in [-0.1, -0.05) is 35.9 Å². The maximum Gasteiger partial charge on any atom is 0.315 e. The van der Waals surface area contributed by atoms with Crippen molar-refractivity contribution in [1.82, 2.24) is 15.6 Å². The van der Waals surface area contributed by atoms with Crippen LogP contribution < -0.4 is 10.6 Å². The lowest BCUT2D eigenvalue weighted by Crippen LogP contribution is -2.45. The van der Waals surface area contributed by atoms with Crippen LogP contribution in [0.15, 0.2) is 48.7 Å². The van der Waals surface area contributed by atoms with Gasteiger partial charge in [0.15, 0.2) is 0 Å². The number of aliphatic carboxylic acids is 1. The fourth-order valence-corrected chi connectivity index (χ4v) is 3.64. The summed E-state index contributed by atoms with van der Waals surface area (Å²) in [4.78, 5) is 28.1. The van der Waals surface area contributed by atoms with Crippen LogP contribution in [0.25, 0.3) is 0 Å². The van der Waals surface area contributed by atoms with Gasteiger partial charge >= 0.3 is 12.0 Å². The Balaban J connectivity index is 1.61. The predicted molar refractivity (Wildman–Crippen MR) is 107 cm³/mol. The van der Waals surface area contributed by atoms with Crippen LogP contribution in [0.1, 0.15) is 48.5 Å². The van der Waals surface area contributed by atoms with Crippen molar-refractivity contribution in [3.63, 3.8) is 0 Å². The molecule has 1 saturated carbocycles. The standard InChI is InChI=1S/C22H27N3O3/c1-15-5-7-16(8-6-15)14-20(19-4-2-3-13-23-19)25-22(28)24-18-11-9-17(10-12-18)21(26)27/h2-8,13,17-18,20H,9-12,14H2,1H3,(H,26,27)(H2,24,25,28). The van der Waals surface area contributed by atoms with Crippen molar-refractivity contribution in [2.45, 2.75) is 51.1 Å². The minimum absolute atomic E-state index is 0.0133. The minimum atomic E-state index is -0.740. The number of pyridine rings is 1. The first-order valence-corrected chi connectivity index (χ1v) is 9.77. The summed E-state index contributed by atoms with van der Waals surface area (Å²) in [6.07, 6.45) is 4.97. The van der Waals surface area contributed by atoms with Gasteiger partial charge in [-0.25, -0.2) is 4.79 Å². The molecule has 2 amide bonds. The fourth-order valence-electron chi connectivity index (χ4n) is 3.64. The number of carboxylic acid groups (broad SMARTS) is 1. The van der Waals surface area contributed by atoms with E-state index in [1.807, 2.05) is 25.1 Å². The first-order valence-electron chi connectivity index (χ1n) is 9.77. The maximum atomic E-state index is 12.6. The highest BCUT2D eigenvalue weighted by Crippen LogP contribution is 2.24. The van der Waals surface area contributed by atoms with Gasteiger partial charge < -0.3 is 15.7 Å². The molecule has 1 aromatic heterocycles. The molecule has 0 bridgehead atoms. The van der Waals surface area contributed by atoms with Crippen LogP contribution in [-0.4, -0.2) is 28.1 Å².